The Morgan fingerprint density at radius 1 is 0.926 bits per heavy atom. The van der Waals surface area contributed by atoms with Crippen molar-refractivity contribution in [2.24, 2.45) is 0 Å². The largest absolute Gasteiger partial charge is 0.288 e. The highest BCUT2D eigenvalue weighted by molar-refractivity contribution is 7.95. The van der Waals surface area contributed by atoms with Crippen molar-refractivity contribution in [2.75, 3.05) is 5.75 Å². The van der Waals surface area contributed by atoms with E-state index in [1.165, 1.54) is 0 Å². The maximum atomic E-state index is 12.8. The Morgan fingerprint density at radius 3 is 2.22 bits per heavy atom. The van der Waals surface area contributed by atoms with Crippen molar-refractivity contribution in [3.8, 4) is 11.1 Å². The first-order valence-electron chi connectivity index (χ1n) is 9.05. The number of rotatable bonds is 6. The van der Waals surface area contributed by atoms with Gasteiger partial charge >= 0.3 is 0 Å². The van der Waals surface area contributed by atoms with E-state index in [9.17, 15) is 13.2 Å². The van der Waals surface area contributed by atoms with E-state index < -0.39 is 15.7 Å². The van der Waals surface area contributed by atoms with Crippen LogP contribution >= 0.6 is 0 Å². The number of amides is 1. The van der Waals surface area contributed by atoms with E-state index in [2.05, 4.69) is 0 Å². The highest BCUT2D eigenvalue weighted by atomic mass is 32.2. The van der Waals surface area contributed by atoms with Crippen LogP contribution < -0.4 is 5.48 Å². The number of carbonyl (C=O) groups is 1. The van der Waals surface area contributed by atoms with Gasteiger partial charge in [-0.1, -0.05) is 54.6 Å². The third-order valence-corrected chi connectivity index (χ3v) is 6.83. The third-order valence-electron chi connectivity index (χ3n) is 4.89. The Balaban J connectivity index is 1.73. The molecule has 0 saturated carbocycles. The van der Waals surface area contributed by atoms with Crippen molar-refractivity contribution in [3.63, 3.8) is 0 Å². The molecule has 0 unspecified atom stereocenters. The van der Waals surface area contributed by atoms with Crippen LogP contribution in [0.15, 0.2) is 65.1 Å². The lowest BCUT2D eigenvalue weighted by Gasteiger charge is -2.19. The minimum atomic E-state index is -3.54. The molecule has 6 heteroatoms. The monoisotopic (exact) mass is 385 g/mol. The Morgan fingerprint density at radius 2 is 1.56 bits per heavy atom. The molecule has 1 aliphatic carbocycles. The lowest BCUT2D eigenvalue weighted by atomic mass is 9.99. The standard InChI is InChI=1S/C21H23NO4S/c23-21(22-24)19-8-4-5-9-20(19)27(25,26)15-14-16-10-12-18(13-11-16)17-6-2-1-3-7-17/h1-3,6-7,10-13,24H,4-5,8-9,14-15H2,(H,22,23). The lowest BCUT2D eigenvalue weighted by Crippen LogP contribution is -2.26. The number of hydroxylamine groups is 1. The maximum absolute atomic E-state index is 12.8. The minimum absolute atomic E-state index is 0.0464. The average molecular weight is 385 g/mol. The van der Waals surface area contributed by atoms with Gasteiger partial charge in [-0.15, -0.1) is 0 Å². The lowest BCUT2D eigenvalue weighted by molar-refractivity contribution is -0.125. The maximum Gasteiger partial charge on any atom is 0.271 e. The van der Waals surface area contributed by atoms with Gasteiger partial charge in [-0.3, -0.25) is 10.0 Å². The molecular formula is C21H23NO4S. The second kappa shape index (κ2) is 8.50. The van der Waals surface area contributed by atoms with Crippen LogP contribution in [0.1, 0.15) is 31.2 Å². The molecule has 142 valence electrons. The van der Waals surface area contributed by atoms with Gasteiger partial charge in [0.15, 0.2) is 9.84 Å². The smallest absolute Gasteiger partial charge is 0.271 e. The molecule has 5 nitrogen and oxygen atoms in total. The molecule has 0 heterocycles. The third kappa shape index (κ3) is 4.64. The van der Waals surface area contributed by atoms with E-state index in [4.69, 9.17) is 5.21 Å². The Hall–Kier alpha value is -2.44. The molecule has 2 aromatic carbocycles. The molecule has 0 radical (unpaired) electrons. The van der Waals surface area contributed by atoms with Gasteiger partial charge in [0.25, 0.3) is 5.91 Å². The fourth-order valence-electron chi connectivity index (χ4n) is 3.40. The topological polar surface area (TPSA) is 83.5 Å². The summed E-state index contributed by atoms with van der Waals surface area (Å²) in [7, 11) is -3.54. The summed E-state index contributed by atoms with van der Waals surface area (Å²) < 4.78 is 25.5. The predicted molar refractivity (Wildman–Crippen MR) is 105 cm³/mol. The molecule has 0 saturated heterocycles. The van der Waals surface area contributed by atoms with E-state index in [-0.39, 0.29) is 16.2 Å². The summed E-state index contributed by atoms with van der Waals surface area (Å²) >= 11 is 0. The van der Waals surface area contributed by atoms with Gasteiger partial charge in [0.2, 0.25) is 0 Å². The van der Waals surface area contributed by atoms with Gasteiger partial charge in [-0.25, -0.2) is 13.9 Å². The van der Waals surface area contributed by atoms with Crippen molar-refractivity contribution in [3.05, 3.63) is 70.6 Å². The minimum Gasteiger partial charge on any atom is -0.288 e. The number of hydrogen-bond acceptors (Lipinski definition) is 4. The molecule has 3 rings (SSSR count). The summed E-state index contributed by atoms with van der Waals surface area (Å²) in [6.07, 6.45) is 2.62. The highest BCUT2D eigenvalue weighted by Crippen LogP contribution is 2.30. The number of carbonyl (C=O) groups excluding carboxylic acids is 1. The number of aryl methyl sites for hydroxylation is 1. The van der Waals surface area contributed by atoms with Gasteiger partial charge in [0.1, 0.15) is 0 Å². The number of benzene rings is 2. The van der Waals surface area contributed by atoms with E-state index >= 15 is 0 Å². The van der Waals surface area contributed by atoms with Crippen molar-refractivity contribution in [1.82, 2.24) is 5.48 Å². The van der Waals surface area contributed by atoms with Gasteiger partial charge in [0.05, 0.1) is 10.7 Å². The Kier molecular flexibility index (Phi) is 6.08. The number of allylic oxidation sites excluding steroid dienone is 1. The zero-order valence-electron chi connectivity index (χ0n) is 15.0. The van der Waals surface area contributed by atoms with Gasteiger partial charge in [-0.2, -0.15) is 0 Å². The summed E-state index contributed by atoms with van der Waals surface area (Å²) in [6, 6.07) is 17.8. The van der Waals surface area contributed by atoms with Gasteiger partial charge in [0, 0.05) is 5.57 Å². The quantitative estimate of drug-likeness (QED) is 0.587. The van der Waals surface area contributed by atoms with Crippen molar-refractivity contribution in [2.45, 2.75) is 32.1 Å². The molecule has 0 aromatic heterocycles. The molecule has 0 fully saturated rings. The van der Waals surface area contributed by atoms with Crippen LogP contribution in [-0.2, 0) is 21.1 Å². The molecule has 1 aliphatic rings. The molecule has 1 amide bonds. The van der Waals surface area contributed by atoms with Crippen LogP contribution in [0.3, 0.4) is 0 Å². The molecule has 0 bridgehead atoms. The summed E-state index contributed by atoms with van der Waals surface area (Å²) in [5.74, 6) is -0.754. The van der Waals surface area contributed by atoms with Gasteiger partial charge in [-0.05, 0) is 48.8 Å². The molecule has 0 aliphatic heterocycles. The first-order valence-corrected chi connectivity index (χ1v) is 10.7. The first-order chi connectivity index (χ1) is 13.0. The zero-order chi connectivity index (χ0) is 19.3. The summed E-state index contributed by atoms with van der Waals surface area (Å²) in [5, 5.41) is 8.87. The molecule has 0 spiro atoms. The normalized spacial score (nSPS) is 14.9. The van der Waals surface area contributed by atoms with E-state index in [1.807, 2.05) is 54.6 Å². The second-order valence-corrected chi connectivity index (χ2v) is 8.81. The van der Waals surface area contributed by atoms with Crippen LogP contribution in [0, 0.1) is 0 Å². The summed E-state index contributed by atoms with van der Waals surface area (Å²) in [5.41, 5.74) is 4.90. The molecule has 27 heavy (non-hydrogen) atoms. The van der Waals surface area contributed by atoms with E-state index in [0.717, 1.165) is 29.5 Å². The average Bonchev–Trinajstić information content (AvgIpc) is 2.73. The predicted octanol–water partition coefficient (Wildman–Crippen LogP) is 3.64. The van der Waals surface area contributed by atoms with Crippen molar-refractivity contribution in [1.29, 1.82) is 0 Å². The highest BCUT2D eigenvalue weighted by Gasteiger charge is 2.27. The van der Waals surface area contributed by atoms with Gasteiger partial charge < -0.3 is 0 Å². The van der Waals surface area contributed by atoms with Crippen LogP contribution in [0.25, 0.3) is 11.1 Å². The molecular weight excluding hydrogens is 362 g/mol. The zero-order valence-corrected chi connectivity index (χ0v) is 15.8. The fraction of sp³-hybridized carbons (Fsp3) is 0.286. The number of sulfone groups is 1. The second-order valence-electron chi connectivity index (χ2n) is 6.68. The molecule has 0 atom stereocenters. The van der Waals surface area contributed by atoms with E-state index in [1.54, 1.807) is 5.48 Å². The fourth-order valence-corrected chi connectivity index (χ4v) is 5.17. The Bertz CT molecular complexity index is 932. The van der Waals surface area contributed by atoms with Crippen LogP contribution in [0.4, 0.5) is 0 Å². The Labute approximate surface area is 159 Å². The van der Waals surface area contributed by atoms with Crippen LogP contribution in [0.2, 0.25) is 0 Å². The molecule has 2 aromatic rings. The SMILES string of the molecule is O=C(NO)C1=C(S(=O)(=O)CCc2ccc(-c3ccccc3)cc2)CCCC1. The van der Waals surface area contributed by atoms with E-state index in [0.29, 0.717) is 19.3 Å². The summed E-state index contributed by atoms with van der Waals surface area (Å²) in [4.78, 5) is 12.0. The summed E-state index contributed by atoms with van der Waals surface area (Å²) in [6.45, 7) is 0. The van der Waals surface area contributed by atoms with Crippen molar-refractivity contribution < 1.29 is 18.4 Å². The first kappa shape index (κ1) is 19.3. The van der Waals surface area contributed by atoms with Crippen LogP contribution in [-0.4, -0.2) is 25.3 Å². The number of hydrogen-bond donors (Lipinski definition) is 2. The van der Waals surface area contributed by atoms with Crippen molar-refractivity contribution >= 4 is 15.7 Å². The number of nitrogens with one attached hydrogen (secondary N) is 1. The molecule has 2 N–H and O–H groups in total. The van der Waals surface area contributed by atoms with Crippen LogP contribution in [0.5, 0.6) is 0 Å².